The number of fused-ring (bicyclic) bond motifs is 1. The van der Waals surface area contributed by atoms with Gasteiger partial charge in [0, 0.05) is 38.7 Å². The largest absolute Gasteiger partial charge is 0.377 e. The second kappa shape index (κ2) is 9.31. The summed E-state index contributed by atoms with van der Waals surface area (Å²) in [6.45, 7) is 5.68. The number of hydrogen-bond donors (Lipinski definition) is 2. The molecule has 144 valence electrons. The Balaban J connectivity index is 0.00000243. The highest BCUT2D eigenvalue weighted by atomic mass is 127. The van der Waals surface area contributed by atoms with Crippen molar-refractivity contribution in [2.45, 2.75) is 52.4 Å². The number of aromatic nitrogens is 4. The Morgan fingerprint density at radius 1 is 1.42 bits per heavy atom. The molecule has 0 fully saturated rings. The maximum Gasteiger partial charge on any atom is 0.191 e. The molecule has 10 heteroatoms. The van der Waals surface area contributed by atoms with Crippen molar-refractivity contribution in [1.82, 2.24) is 30.6 Å². The first kappa shape index (κ1) is 20.6. The highest BCUT2D eigenvalue weighted by Gasteiger charge is 2.22. The van der Waals surface area contributed by atoms with Gasteiger partial charge in [-0.25, -0.2) is 9.67 Å². The molecule has 0 radical (unpaired) electrons. The molecule has 2 aromatic heterocycles. The molecule has 0 amide bonds. The van der Waals surface area contributed by atoms with Crippen LogP contribution in [-0.4, -0.2) is 46.1 Å². The highest BCUT2D eigenvalue weighted by Crippen LogP contribution is 2.14. The number of ether oxygens (including phenoxy) is 1. The molecule has 0 saturated carbocycles. The van der Waals surface area contributed by atoms with Crippen LogP contribution in [-0.2, 0) is 30.9 Å². The molecular weight excluding hydrogens is 449 g/mol. The van der Waals surface area contributed by atoms with Gasteiger partial charge in [0.1, 0.15) is 18.2 Å². The quantitative estimate of drug-likeness (QED) is 0.382. The Morgan fingerprint density at radius 3 is 2.88 bits per heavy atom. The van der Waals surface area contributed by atoms with Crippen LogP contribution >= 0.6 is 24.0 Å². The third-order valence-electron chi connectivity index (χ3n) is 4.35. The van der Waals surface area contributed by atoms with Gasteiger partial charge < -0.3 is 19.9 Å². The molecule has 0 aromatic carbocycles. The van der Waals surface area contributed by atoms with Gasteiger partial charge in [0.05, 0.1) is 12.2 Å². The molecule has 2 N–H and O–H groups in total. The molecule has 0 saturated heterocycles. The van der Waals surface area contributed by atoms with Crippen molar-refractivity contribution in [3.05, 3.63) is 28.7 Å². The lowest BCUT2D eigenvalue weighted by Crippen LogP contribution is -2.46. The first-order valence-electron chi connectivity index (χ1n) is 8.41. The summed E-state index contributed by atoms with van der Waals surface area (Å²) < 4.78 is 12.3. The normalized spacial score (nSPS) is 16.8. The molecule has 0 aliphatic carbocycles. The maximum atomic E-state index is 5.19. The summed E-state index contributed by atoms with van der Waals surface area (Å²) in [6, 6.07) is 0.250. The predicted octanol–water partition coefficient (Wildman–Crippen LogP) is 1.33. The fraction of sp³-hybridized carbons (Fsp3) is 0.625. The molecule has 1 aliphatic heterocycles. The monoisotopic (exact) mass is 475 g/mol. The number of halogens is 1. The molecule has 0 bridgehead atoms. The summed E-state index contributed by atoms with van der Waals surface area (Å²) in [5.74, 6) is 3.34. The van der Waals surface area contributed by atoms with Crippen molar-refractivity contribution < 1.29 is 9.26 Å². The number of hydrogen-bond acceptors (Lipinski definition) is 6. The number of nitrogens with zero attached hydrogens (tertiary/aromatic N) is 5. The van der Waals surface area contributed by atoms with Crippen LogP contribution in [0.2, 0.25) is 0 Å². The van der Waals surface area contributed by atoms with Gasteiger partial charge in [0.2, 0.25) is 0 Å². The highest BCUT2D eigenvalue weighted by molar-refractivity contribution is 14.0. The average Bonchev–Trinajstić information content (AvgIpc) is 3.14. The molecule has 1 unspecified atom stereocenters. The van der Waals surface area contributed by atoms with E-state index in [4.69, 9.17) is 9.26 Å². The summed E-state index contributed by atoms with van der Waals surface area (Å²) in [5, 5.41) is 15.2. The molecule has 1 atom stereocenters. The van der Waals surface area contributed by atoms with Crippen LogP contribution in [0.3, 0.4) is 0 Å². The van der Waals surface area contributed by atoms with Gasteiger partial charge in [0.15, 0.2) is 11.8 Å². The Hall–Kier alpha value is -1.69. The summed E-state index contributed by atoms with van der Waals surface area (Å²) >= 11 is 0. The third kappa shape index (κ3) is 4.72. The fourth-order valence-electron chi connectivity index (χ4n) is 2.98. The van der Waals surface area contributed by atoms with E-state index in [0.717, 1.165) is 54.0 Å². The minimum Gasteiger partial charge on any atom is -0.377 e. The van der Waals surface area contributed by atoms with Crippen LogP contribution in [0.25, 0.3) is 0 Å². The predicted molar refractivity (Wildman–Crippen MR) is 108 cm³/mol. The van der Waals surface area contributed by atoms with Gasteiger partial charge in [-0.15, -0.1) is 24.0 Å². The number of aliphatic imine (C=N–C) groups is 1. The van der Waals surface area contributed by atoms with Crippen molar-refractivity contribution >= 4 is 29.9 Å². The van der Waals surface area contributed by atoms with Gasteiger partial charge in [0.25, 0.3) is 0 Å². The number of nitrogens with one attached hydrogen (secondary N) is 2. The van der Waals surface area contributed by atoms with Crippen LogP contribution in [0.4, 0.5) is 0 Å². The second-order valence-electron chi connectivity index (χ2n) is 6.17. The molecule has 9 nitrogen and oxygen atoms in total. The zero-order valence-electron chi connectivity index (χ0n) is 15.6. The molecule has 0 spiro atoms. The lowest BCUT2D eigenvalue weighted by atomic mass is 10.1. The van der Waals surface area contributed by atoms with Crippen LogP contribution < -0.4 is 10.6 Å². The van der Waals surface area contributed by atoms with E-state index in [1.54, 1.807) is 14.2 Å². The van der Waals surface area contributed by atoms with E-state index < -0.39 is 0 Å². The lowest BCUT2D eigenvalue weighted by molar-refractivity contribution is 0.177. The van der Waals surface area contributed by atoms with Crippen molar-refractivity contribution in [2.24, 2.45) is 4.99 Å². The van der Waals surface area contributed by atoms with Crippen LogP contribution in [0.5, 0.6) is 0 Å². The molecule has 3 heterocycles. The van der Waals surface area contributed by atoms with Gasteiger partial charge in [-0.1, -0.05) is 5.16 Å². The van der Waals surface area contributed by atoms with Crippen LogP contribution in [0.1, 0.15) is 35.1 Å². The van der Waals surface area contributed by atoms with Gasteiger partial charge in [-0.2, -0.15) is 5.10 Å². The fourth-order valence-corrected chi connectivity index (χ4v) is 2.98. The Labute approximate surface area is 170 Å². The van der Waals surface area contributed by atoms with Crippen molar-refractivity contribution in [2.75, 3.05) is 14.2 Å². The number of aryl methyl sites for hydroxylation is 3. The van der Waals surface area contributed by atoms with Crippen molar-refractivity contribution in [1.29, 1.82) is 0 Å². The van der Waals surface area contributed by atoms with Crippen LogP contribution in [0.15, 0.2) is 9.52 Å². The Morgan fingerprint density at radius 2 is 2.23 bits per heavy atom. The molecule has 2 aromatic rings. The smallest absolute Gasteiger partial charge is 0.191 e. The standard InChI is InChI=1S/C16H25N7O2.HI/c1-10-13(11(2)25-22-10)7-18-16(17-3)19-12-5-6-15-20-14(9-24-4)21-23(15)8-12;/h12H,5-9H2,1-4H3,(H2,17,18,19);1H. The Bertz CT molecular complexity index is 736. The zero-order chi connectivity index (χ0) is 17.8. The van der Waals surface area contributed by atoms with E-state index in [-0.39, 0.29) is 30.0 Å². The van der Waals surface area contributed by atoms with E-state index in [1.807, 2.05) is 18.5 Å². The van der Waals surface area contributed by atoms with E-state index in [1.165, 1.54) is 0 Å². The molecule has 3 rings (SSSR count). The first-order valence-corrected chi connectivity index (χ1v) is 8.41. The second-order valence-corrected chi connectivity index (χ2v) is 6.17. The maximum absolute atomic E-state index is 5.19. The topological polar surface area (TPSA) is 102 Å². The van der Waals surface area contributed by atoms with E-state index in [0.29, 0.717) is 13.2 Å². The lowest BCUT2D eigenvalue weighted by Gasteiger charge is -2.25. The molecule has 1 aliphatic rings. The van der Waals surface area contributed by atoms with Crippen molar-refractivity contribution in [3.8, 4) is 0 Å². The van der Waals surface area contributed by atoms with Gasteiger partial charge >= 0.3 is 0 Å². The summed E-state index contributed by atoms with van der Waals surface area (Å²) in [5.41, 5.74) is 1.96. The zero-order valence-corrected chi connectivity index (χ0v) is 17.9. The van der Waals surface area contributed by atoms with Gasteiger partial charge in [-0.3, -0.25) is 4.99 Å². The number of guanidine groups is 1. The minimum atomic E-state index is 0. The van der Waals surface area contributed by atoms with Gasteiger partial charge in [-0.05, 0) is 20.3 Å². The summed E-state index contributed by atoms with van der Waals surface area (Å²) in [6.07, 6.45) is 1.87. The summed E-state index contributed by atoms with van der Waals surface area (Å²) in [4.78, 5) is 8.81. The molecular formula is C16H26IN7O2. The van der Waals surface area contributed by atoms with Crippen molar-refractivity contribution in [3.63, 3.8) is 0 Å². The molecule has 26 heavy (non-hydrogen) atoms. The SMILES string of the molecule is CN=C(NCc1c(C)noc1C)NC1CCc2nc(COC)nn2C1.I. The average molecular weight is 475 g/mol. The van der Waals surface area contributed by atoms with E-state index in [2.05, 4.69) is 30.9 Å². The van der Waals surface area contributed by atoms with Crippen LogP contribution in [0, 0.1) is 13.8 Å². The van der Waals surface area contributed by atoms with E-state index in [9.17, 15) is 0 Å². The first-order chi connectivity index (χ1) is 12.1. The number of rotatable bonds is 5. The third-order valence-corrected chi connectivity index (χ3v) is 4.35. The number of methoxy groups -OCH3 is 1. The summed E-state index contributed by atoms with van der Waals surface area (Å²) in [7, 11) is 3.42. The Kier molecular flexibility index (Phi) is 7.38. The van der Waals surface area contributed by atoms with E-state index >= 15 is 0 Å². The minimum absolute atomic E-state index is 0.